The first kappa shape index (κ1) is 12.7. The van der Waals surface area contributed by atoms with E-state index in [9.17, 15) is 18.0 Å². The van der Waals surface area contributed by atoms with Gasteiger partial charge < -0.3 is 10.4 Å². The third kappa shape index (κ3) is 2.57. The molecule has 0 atom stereocenters. The van der Waals surface area contributed by atoms with Gasteiger partial charge in [0.25, 0.3) is 0 Å². The van der Waals surface area contributed by atoms with Crippen LogP contribution in [0.3, 0.4) is 0 Å². The molecule has 0 spiro atoms. The van der Waals surface area contributed by atoms with E-state index >= 15 is 0 Å². The molecule has 1 aromatic carbocycles. The van der Waals surface area contributed by atoms with Crippen molar-refractivity contribution in [2.45, 2.75) is 31.5 Å². The second-order valence-corrected chi connectivity index (χ2v) is 4.75. The summed E-state index contributed by atoms with van der Waals surface area (Å²) in [6, 6.07) is 3.10. The number of anilines is 1. The van der Waals surface area contributed by atoms with Crippen molar-refractivity contribution in [3.8, 4) is 0 Å². The summed E-state index contributed by atoms with van der Waals surface area (Å²) in [7, 11) is 0. The summed E-state index contributed by atoms with van der Waals surface area (Å²) in [6.45, 7) is 1.94. The predicted molar refractivity (Wildman–Crippen MR) is 59.7 cm³/mol. The second kappa shape index (κ2) is 3.90. The lowest BCUT2D eigenvalue weighted by atomic mass is 10.1. The molecule has 0 saturated heterocycles. The Labute approximate surface area is 102 Å². The molecule has 0 aliphatic heterocycles. The van der Waals surface area contributed by atoms with Crippen molar-refractivity contribution in [2.75, 3.05) is 5.32 Å². The monoisotopic (exact) mass is 259 g/mol. The van der Waals surface area contributed by atoms with Crippen LogP contribution in [-0.4, -0.2) is 16.6 Å². The van der Waals surface area contributed by atoms with E-state index in [1.165, 1.54) is 6.07 Å². The zero-order chi connectivity index (χ0) is 13.6. The molecule has 1 fully saturated rings. The fourth-order valence-corrected chi connectivity index (χ4v) is 1.71. The normalized spacial score (nSPS) is 17.3. The van der Waals surface area contributed by atoms with Crippen LogP contribution in [-0.2, 0) is 6.18 Å². The van der Waals surface area contributed by atoms with Gasteiger partial charge in [0.1, 0.15) is 0 Å². The van der Waals surface area contributed by atoms with Crippen molar-refractivity contribution in [1.82, 2.24) is 0 Å². The first-order chi connectivity index (χ1) is 8.21. The van der Waals surface area contributed by atoms with E-state index in [2.05, 4.69) is 5.32 Å². The van der Waals surface area contributed by atoms with Crippen LogP contribution in [0.25, 0.3) is 0 Å². The Kier molecular flexibility index (Phi) is 2.76. The lowest BCUT2D eigenvalue weighted by Crippen LogP contribution is -2.18. The van der Waals surface area contributed by atoms with Crippen LogP contribution >= 0.6 is 0 Å². The molecule has 0 aromatic heterocycles. The summed E-state index contributed by atoms with van der Waals surface area (Å²) in [6.07, 6.45) is -2.80. The number of benzene rings is 1. The smallest absolute Gasteiger partial charge is 0.417 e. The molecule has 3 nitrogen and oxygen atoms in total. The average Bonchev–Trinajstić information content (AvgIpc) is 2.94. The summed E-state index contributed by atoms with van der Waals surface area (Å²) >= 11 is 0. The van der Waals surface area contributed by atoms with E-state index in [1.807, 2.05) is 6.92 Å². The van der Waals surface area contributed by atoms with E-state index in [0.717, 1.165) is 25.0 Å². The number of alkyl halides is 3. The molecule has 0 amide bonds. The Morgan fingerprint density at radius 1 is 1.39 bits per heavy atom. The molecule has 0 bridgehead atoms. The maximum Gasteiger partial charge on any atom is 0.417 e. The number of hydrogen-bond donors (Lipinski definition) is 2. The van der Waals surface area contributed by atoms with E-state index in [0.29, 0.717) is 5.69 Å². The summed E-state index contributed by atoms with van der Waals surface area (Å²) in [5.74, 6) is -1.58. The average molecular weight is 259 g/mol. The van der Waals surface area contributed by atoms with Crippen LogP contribution in [0.5, 0.6) is 0 Å². The number of nitrogens with one attached hydrogen (secondary N) is 1. The van der Waals surface area contributed by atoms with Gasteiger partial charge in [-0.2, -0.15) is 13.2 Å². The van der Waals surface area contributed by atoms with Crippen molar-refractivity contribution in [3.63, 3.8) is 0 Å². The maximum absolute atomic E-state index is 12.6. The molecule has 1 aliphatic rings. The van der Waals surface area contributed by atoms with Crippen molar-refractivity contribution >= 4 is 11.7 Å². The second-order valence-electron chi connectivity index (χ2n) is 4.75. The third-order valence-corrected chi connectivity index (χ3v) is 3.00. The Bertz CT molecular complexity index is 493. The minimum Gasteiger partial charge on any atom is -0.478 e. The number of halogens is 3. The van der Waals surface area contributed by atoms with Crippen molar-refractivity contribution in [3.05, 3.63) is 29.3 Å². The van der Waals surface area contributed by atoms with Crippen LogP contribution in [0.15, 0.2) is 18.2 Å². The van der Waals surface area contributed by atoms with Crippen LogP contribution < -0.4 is 5.32 Å². The van der Waals surface area contributed by atoms with Crippen LogP contribution in [0.2, 0.25) is 0 Å². The molecule has 0 radical (unpaired) electrons. The number of carboxylic acid groups (broad SMARTS) is 1. The number of carbonyl (C=O) groups is 1. The largest absolute Gasteiger partial charge is 0.478 e. The lowest BCUT2D eigenvalue weighted by Gasteiger charge is -2.16. The van der Waals surface area contributed by atoms with Gasteiger partial charge in [0.05, 0.1) is 11.1 Å². The highest BCUT2D eigenvalue weighted by Gasteiger charge is 2.38. The standard InChI is InChI=1S/C12H12F3NO2/c1-11(4-5-11)16-7-2-3-9(12(13,14)15)8(6-7)10(17)18/h2-3,6,16H,4-5H2,1H3,(H,17,18). The van der Waals surface area contributed by atoms with Crippen LogP contribution in [0, 0.1) is 0 Å². The molecular weight excluding hydrogens is 247 g/mol. The van der Waals surface area contributed by atoms with Crippen LogP contribution in [0.4, 0.5) is 18.9 Å². The highest BCUT2D eigenvalue weighted by molar-refractivity contribution is 5.91. The topological polar surface area (TPSA) is 49.3 Å². The fraction of sp³-hybridized carbons (Fsp3) is 0.417. The molecule has 1 aliphatic carbocycles. The zero-order valence-corrected chi connectivity index (χ0v) is 9.64. The molecule has 0 unspecified atom stereocenters. The minimum absolute atomic E-state index is 0.116. The van der Waals surface area contributed by atoms with Gasteiger partial charge in [0, 0.05) is 11.2 Å². The van der Waals surface area contributed by atoms with E-state index < -0.39 is 23.3 Å². The highest BCUT2D eigenvalue weighted by atomic mass is 19.4. The molecule has 2 N–H and O–H groups in total. The Morgan fingerprint density at radius 2 is 2.00 bits per heavy atom. The van der Waals surface area contributed by atoms with E-state index in [-0.39, 0.29) is 5.54 Å². The Balaban J connectivity index is 2.37. The third-order valence-electron chi connectivity index (χ3n) is 3.00. The predicted octanol–water partition coefficient (Wildman–Crippen LogP) is 3.37. The van der Waals surface area contributed by atoms with Gasteiger partial charge in [-0.3, -0.25) is 0 Å². The molecule has 1 saturated carbocycles. The number of hydrogen-bond acceptors (Lipinski definition) is 2. The fourth-order valence-electron chi connectivity index (χ4n) is 1.71. The van der Waals surface area contributed by atoms with E-state index in [1.54, 1.807) is 0 Å². The number of aromatic carboxylic acids is 1. The summed E-state index contributed by atoms with van der Waals surface area (Å²) in [5.41, 5.74) is -1.56. The number of carboxylic acids is 1. The quantitative estimate of drug-likeness (QED) is 0.875. The summed E-state index contributed by atoms with van der Waals surface area (Å²) in [5, 5.41) is 11.9. The van der Waals surface area contributed by atoms with Gasteiger partial charge in [0.2, 0.25) is 0 Å². The lowest BCUT2D eigenvalue weighted by molar-refractivity contribution is -0.138. The molecule has 0 heterocycles. The van der Waals surface area contributed by atoms with Gasteiger partial charge in [-0.15, -0.1) is 0 Å². The van der Waals surface area contributed by atoms with Gasteiger partial charge in [-0.25, -0.2) is 4.79 Å². The van der Waals surface area contributed by atoms with Crippen molar-refractivity contribution < 1.29 is 23.1 Å². The Morgan fingerprint density at radius 3 is 2.44 bits per heavy atom. The SMILES string of the molecule is CC1(Nc2ccc(C(F)(F)F)c(C(=O)O)c2)CC1. The van der Waals surface area contributed by atoms with Crippen LogP contribution in [0.1, 0.15) is 35.7 Å². The molecule has 18 heavy (non-hydrogen) atoms. The number of rotatable bonds is 3. The molecular formula is C12H12F3NO2. The van der Waals surface area contributed by atoms with E-state index in [4.69, 9.17) is 5.11 Å². The molecule has 98 valence electrons. The molecule has 1 aromatic rings. The van der Waals surface area contributed by atoms with Crippen molar-refractivity contribution in [1.29, 1.82) is 0 Å². The van der Waals surface area contributed by atoms with Crippen molar-refractivity contribution in [2.24, 2.45) is 0 Å². The maximum atomic E-state index is 12.6. The summed E-state index contributed by atoms with van der Waals surface area (Å²) < 4.78 is 37.8. The Hall–Kier alpha value is -1.72. The highest BCUT2D eigenvalue weighted by Crippen LogP contribution is 2.39. The first-order valence-electron chi connectivity index (χ1n) is 5.44. The van der Waals surface area contributed by atoms with Gasteiger partial charge >= 0.3 is 12.1 Å². The first-order valence-corrected chi connectivity index (χ1v) is 5.44. The van der Waals surface area contributed by atoms with Gasteiger partial charge in [-0.1, -0.05) is 0 Å². The van der Waals surface area contributed by atoms with Gasteiger partial charge in [0.15, 0.2) is 0 Å². The molecule has 2 rings (SSSR count). The molecule has 6 heteroatoms. The minimum atomic E-state index is -4.66. The van der Waals surface area contributed by atoms with Gasteiger partial charge in [-0.05, 0) is 38.0 Å². The summed E-state index contributed by atoms with van der Waals surface area (Å²) in [4.78, 5) is 10.9. The zero-order valence-electron chi connectivity index (χ0n) is 9.64.